The van der Waals surface area contributed by atoms with Gasteiger partial charge in [0, 0.05) is 4.90 Å². The largest absolute Gasteiger partial charge is 0.493 e. The molecule has 0 aliphatic heterocycles. The molecule has 0 aliphatic rings. The third-order valence-corrected chi connectivity index (χ3v) is 2.81. The first-order valence-corrected chi connectivity index (χ1v) is 7.68. The lowest BCUT2D eigenvalue weighted by molar-refractivity contribution is 0.323. The Balaban J connectivity index is 0. The molecule has 0 aromatic heterocycles. The molecule has 0 bridgehead atoms. The summed E-state index contributed by atoms with van der Waals surface area (Å²) in [6.45, 7) is 10.1. The van der Waals surface area contributed by atoms with E-state index in [9.17, 15) is 0 Å². The predicted octanol–water partition coefficient (Wildman–Crippen LogP) is 4.88. The Bertz CT molecular complexity index is 302. The molecule has 0 amide bonds. The summed E-state index contributed by atoms with van der Waals surface area (Å²) in [5, 5.41) is 0. The lowest BCUT2D eigenvalue weighted by Crippen LogP contribution is -1.95. The molecule has 1 aromatic rings. The van der Waals surface area contributed by atoms with Gasteiger partial charge < -0.3 is 14.2 Å². The van der Waals surface area contributed by atoms with Crippen molar-refractivity contribution in [2.45, 2.75) is 39.5 Å². The van der Waals surface area contributed by atoms with E-state index in [4.69, 9.17) is 14.2 Å². The Morgan fingerprint density at radius 2 is 1.26 bits per heavy atom. The van der Waals surface area contributed by atoms with Gasteiger partial charge in [0.1, 0.15) is 0 Å². The van der Waals surface area contributed by atoms with Gasteiger partial charge in [0.25, 0.3) is 0 Å². The summed E-state index contributed by atoms with van der Waals surface area (Å²) < 4.78 is 15.7. The van der Waals surface area contributed by atoms with Crippen molar-refractivity contribution in [3.05, 3.63) is 12.1 Å². The molecule has 4 heteroatoms. The van der Waals surface area contributed by atoms with Crippen LogP contribution in [0.15, 0.2) is 17.0 Å². The monoisotopic (exact) mass is 288 g/mol. The molecule has 0 heterocycles. The predicted molar refractivity (Wildman–Crippen MR) is 85.2 cm³/mol. The van der Waals surface area contributed by atoms with Crippen molar-refractivity contribution >= 4 is 11.8 Å². The number of benzene rings is 1. The molecule has 112 valence electrons. The number of hydrogen-bond donors (Lipinski definition) is 0. The second-order valence-corrected chi connectivity index (χ2v) is 4.13. The molecule has 0 aliphatic carbocycles. The minimum Gasteiger partial charge on any atom is -0.493 e. The third-order valence-electron chi connectivity index (χ3n) is 1.95. The van der Waals surface area contributed by atoms with Crippen molar-refractivity contribution < 1.29 is 14.2 Å². The Hall–Kier alpha value is -1.03. The fraction of sp³-hybridized carbons (Fsp3) is 0.600. The van der Waals surface area contributed by atoms with E-state index in [2.05, 4.69) is 6.92 Å². The van der Waals surface area contributed by atoms with Gasteiger partial charge in [-0.05, 0) is 17.9 Å². The van der Waals surface area contributed by atoms with Crippen LogP contribution < -0.4 is 14.2 Å². The van der Waals surface area contributed by atoms with Crippen LogP contribution in [0.3, 0.4) is 0 Å². The lowest BCUT2D eigenvalue weighted by Gasteiger charge is -2.13. The van der Waals surface area contributed by atoms with Gasteiger partial charge in [-0.3, -0.25) is 0 Å². The van der Waals surface area contributed by atoms with Crippen molar-refractivity contribution in [3.8, 4) is 17.2 Å². The van der Waals surface area contributed by atoms with E-state index in [0.29, 0.717) is 17.2 Å². The van der Waals surface area contributed by atoms with E-state index in [1.165, 1.54) is 0 Å². The standard InChI is InChI=1S/C11H16O3S.2C2H6/c1-5-15-8-6-9(12-2)11(14-4)10(7-8)13-3;2*1-2/h6-7H,5H2,1-4H3;2*1-2H3. The van der Waals surface area contributed by atoms with Gasteiger partial charge in [0.2, 0.25) is 5.75 Å². The van der Waals surface area contributed by atoms with Crippen LogP contribution in [-0.4, -0.2) is 27.1 Å². The van der Waals surface area contributed by atoms with E-state index in [0.717, 1.165) is 10.6 Å². The summed E-state index contributed by atoms with van der Waals surface area (Å²) in [5.41, 5.74) is 0. The number of rotatable bonds is 5. The molecule has 3 nitrogen and oxygen atoms in total. The number of hydrogen-bond acceptors (Lipinski definition) is 4. The molecule has 0 unspecified atom stereocenters. The fourth-order valence-corrected chi connectivity index (χ4v) is 2.02. The van der Waals surface area contributed by atoms with Crippen LogP contribution in [0.2, 0.25) is 0 Å². The average molecular weight is 288 g/mol. The zero-order chi connectivity index (χ0) is 15.3. The summed E-state index contributed by atoms with van der Waals surface area (Å²) in [7, 11) is 4.85. The van der Waals surface area contributed by atoms with Gasteiger partial charge in [-0.2, -0.15) is 0 Å². The van der Waals surface area contributed by atoms with Crippen molar-refractivity contribution in [2.24, 2.45) is 0 Å². The van der Waals surface area contributed by atoms with Crippen LogP contribution in [-0.2, 0) is 0 Å². The van der Waals surface area contributed by atoms with Crippen LogP contribution in [0, 0.1) is 0 Å². The Morgan fingerprint density at radius 3 is 1.53 bits per heavy atom. The zero-order valence-corrected chi connectivity index (χ0v) is 14.3. The maximum absolute atomic E-state index is 5.25. The Kier molecular flexibility index (Phi) is 14.3. The van der Waals surface area contributed by atoms with E-state index < -0.39 is 0 Å². The molecule has 1 rings (SSSR count). The summed E-state index contributed by atoms with van der Waals surface area (Å²) >= 11 is 1.74. The number of ether oxygens (including phenoxy) is 3. The van der Waals surface area contributed by atoms with Crippen molar-refractivity contribution in [3.63, 3.8) is 0 Å². The Labute approximate surface area is 122 Å². The molecule has 0 saturated heterocycles. The average Bonchev–Trinajstić information content (AvgIpc) is 2.50. The SMILES string of the molecule is CC.CC.CCSc1cc(OC)c(OC)c(OC)c1. The molecule has 0 N–H and O–H groups in total. The maximum Gasteiger partial charge on any atom is 0.203 e. The molecule has 0 saturated carbocycles. The van der Waals surface area contributed by atoms with Gasteiger partial charge in [0.05, 0.1) is 21.3 Å². The van der Waals surface area contributed by atoms with Gasteiger partial charge >= 0.3 is 0 Å². The topological polar surface area (TPSA) is 27.7 Å². The first kappa shape index (κ1) is 20.3. The van der Waals surface area contributed by atoms with E-state index in [1.54, 1.807) is 33.1 Å². The minimum absolute atomic E-state index is 0.639. The van der Waals surface area contributed by atoms with Crippen LogP contribution in [0.25, 0.3) is 0 Å². The first-order valence-electron chi connectivity index (χ1n) is 6.69. The van der Waals surface area contributed by atoms with E-state index in [1.807, 2.05) is 39.8 Å². The van der Waals surface area contributed by atoms with Gasteiger partial charge in [-0.1, -0.05) is 34.6 Å². The van der Waals surface area contributed by atoms with Gasteiger partial charge in [0.15, 0.2) is 11.5 Å². The molecule has 0 radical (unpaired) electrons. The van der Waals surface area contributed by atoms with Gasteiger partial charge in [-0.15, -0.1) is 11.8 Å². The fourth-order valence-electron chi connectivity index (χ4n) is 1.31. The van der Waals surface area contributed by atoms with E-state index >= 15 is 0 Å². The summed E-state index contributed by atoms with van der Waals surface area (Å²) in [6, 6.07) is 3.91. The van der Waals surface area contributed by atoms with Crippen LogP contribution in [0.5, 0.6) is 17.2 Å². The highest BCUT2D eigenvalue weighted by Crippen LogP contribution is 2.40. The summed E-state index contributed by atoms with van der Waals surface area (Å²) in [6.07, 6.45) is 0. The third kappa shape index (κ3) is 6.62. The van der Waals surface area contributed by atoms with Crippen molar-refractivity contribution in [2.75, 3.05) is 27.1 Å². The van der Waals surface area contributed by atoms with Crippen molar-refractivity contribution in [1.29, 1.82) is 0 Å². The zero-order valence-electron chi connectivity index (χ0n) is 13.5. The molecule has 0 spiro atoms. The summed E-state index contributed by atoms with van der Waals surface area (Å²) in [4.78, 5) is 1.12. The smallest absolute Gasteiger partial charge is 0.203 e. The van der Waals surface area contributed by atoms with Crippen LogP contribution in [0.4, 0.5) is 0 Å². The number of thioether (sulfide) groups is 1. The highest BCUT2D eigenvalue weighted by molar-refractivity contribution is 7.99. The second kappa shape index (κ2) is 13.4. The molecular formula is C15H28O3S. The van der Waals surface area contributed by atoms with Crippen LogP contribution in [0.1, 0.15) is 34.6 Å². The number of methoxy groups -OCH3 is 3. The quantitative estimate of drug-likeness (QED) is 0.722. The highest BCUT2D eigenvalue weighted by Gasteiger charge is 2.12. The first-order chi connectivity index (χ1) is 9.26. The maximum atomic E-state index is 5.25. The second-order valence-electron chi connectivity index (χ2n) is 2.79. The molecule has 0 fully saturated rings. The molecular weight excluding hydrogens is 260 g/mol. The molecule has 19 heavy (non-hydrogen) atoms. The van der Waals surface area contributed by atoms with E-state index in [-0.39, 0.29) is 0 Å². The normalized spacial score (nSPS) is 8.42. The molecule has 1 aromatic carbocycles. The van der Waals surface area contributed by atoms with Crippen LogP contribution >= 0.6 is 11.8 Å². The van der Waals surface area contributed by atoms with Gasteiger partial charge in [-0.25, -0.2) is 0 Å². The van der Waals surface area contributed by atoms with Crippen molar-refractivity contribution in [1.82, 2.24) is 0 Å². The molecule has 0 atom stereocenters. The highest BCUT2D eigenvalue weighted by atomic mass is 32.2. The summed E-state index contributed by atoms with van der Waals surface area (Å²) in [5.74, 6) is 3.06. The minimum atomic E-state index is 0.639. The lowest BCUT2D eigenvalue weighted by atomic mass is 10.3. The Morgan fingerprint density at radius 1 is 0.842 bits per heavy atom.